The van der Waals surface area contributed by atoms with E-state index in [0.717, 1.165) is 10.9 Å². The first-order valence-corrected chi connectivity index (χ1v) is 10.1. The molecule has 0 aliphatic rings. The van der Waals surface area contributed by atoms with Crippen molar-refractivity contribution < 1.29 is 18.4 Å². The van der Waals surface area contributed by atoms with E-state index in [1.54, 1.807) is 36.4 Å². The lowest BCUT2D eigenvalue weighted by Gasteiger charge is -2.12. The van der Waals surface area contributed by atoms with Crippen molar-refractivity contribution in [2.75, 3.05) is 10.6 Å². The average Bonchev–Trinajstić information content (AvgIpc) is 3.43. The maximum atomic E-state index is 12.6. The van der Waals surface area contributed by atoms with Gasteiger partial charge in [-0.1, -0.05) is 18.2 Å². The Bertz CT molecular complexity index is 1290. The van der Waals surface area contributed by atoms with Crippen LogP contribution in [0.5, 0.6) is 0 Å². The summed E-state index contributed by atoms with van der Waals surface area (Å²) >= 11 is 5.19. The second-order valence-electron chi connectivity index (χ2n) is 6.92. The van der Waals surface area contributed by atoms with Gasteiger partial charge in [0, 0.05) is 22.8 Å². The first-order valence-electron chi connectivity index (χ1n) is 9.72. The van der Waals surface area contributed by atoms with Gasteiger partial charge in [0.1, 0.15) is 11.3 Å². The number of benzene rings is 2. The Balaban J connectivity index is 1.35. The predicted octanol–water partition coefficient (Wildman–Crippen LogP) is 5.11. The highest BCUT2D eigenvalue weighted by molar-refractivity contribution is 7.80. The zero-order valence-corrected chi connectivity index (χ0v) is 17.9. The van der Waals surface area contributed by atoms with Crippen LogP contribution in [0.1, 0.15) is 21.9 Å². The Kier molecular flexibility index (Phi) is 6.14. The van der Waals surface area contributed by atoms with Crippen molar-refractivity contribution in [2.45, 2.75) is 6.92 Å². The van der Waals surface area contributed by atoms with Crippen LogP contribution < -0.4 is 16.0 Å². The Labute approximate surface area is 189 Å². The second kappa shape index (κ2) is 9.32. The number of aryl methyl sites for hydroxylation is 1. The quantitative estimate of drug-likeness (QED) is 0.292. The third-order valence-corrected chi connectivity index (χ3v) is 4.76. The highest BCUT2D eigenvalue weighted by Crippen LogP contribution is 2.23. The normalized spacial score (nSPS) is 10.9. The molecule has 2 aromatic heterocycles. The summed E-state index contributed by atoms with van der Waals surface area (Å²) in [6.07, 6.45) is 4.39. The summed E-state index contributed by atoms with van der Waals surface area (Å²) in [4.78, 5) is 24.5. The number of para-hydroxylation sites is 1. The van der Waals surface area contributed by atoms with Crippen LogP contribution in [0.4, 0.5) is 11.4 Å². The standard InChI is InChI=1S/C24H19N3O4S/c1-15-13-17(25-24(32)27-22(28)11-9-18-6-4-12-30-18)8-10-19(15)26-23(29)21-14-16-5-2-3-7-20(16)31-21/h2-14H,1H3,(H,26,29)(H2,25,27,28,32)/b11-9+. The average molecular weight is 446 g/mol. The van der Waals surface area contributed by atoms with Crippen LogP contribution in [0, 0.1) is 6.92 Å². The molecule has 32 heavy (non-hydrogen) atoms. The van der Waals surface area contributed by atoms with E-state index in [1.807, 2.05) is 37.3 Å². The van der Waals surface area contributed by atoms with Gasteiger partial charge in [-0.3, -0.25) is 14.9 Å². The fourth-order valence-corrected chi connectivity index (χ4v) is 3.24. The number of furan rings is 2. The predicted molar refractivity (Wildman–Crippen MR) is 127 cm³/mol. The minimum absolute atomic E-state index is 0.151. The summed E-state index contributed by atoms with van der Waals surface area (Å²) in [5, 5.41) is 9.37. The van der Waals surface area contributed by atoms with E-state index in [0.29, 0.717) is 22.7 Å². The number of fused-ring (bicyclic) bond motifs is 1. The Morgan fingerprint density at radius 1 is 1.00 bits per heavy atom. The fourth-order valence-electron chi connectivity index (χ4n) is 3.02. The van der Waals surface area contributed by atoms with E-state index < -0.39 is 0 Å². The van der Waals surface area contributed by atoms with Gasteiger partial charge in [0.25, 0.3) is 5.91 Å². The minimum atomic E-state index is -0.384. The van der Waals surface area contributed by atoms with E-state index in [-0.39, 0.29) is 22.7 Å². The molecule has 0 fully saturated rings. The molecule has 4 aromatic rings. The van der Waals surface area contributed by atoms with Gasteiger partial charge in [0.2, 0.25) is 5.91 Å². The van der Waals surface area contributed by atoms with Crippen LogP contribution >= 0.6 is 12.2 Å². The molecule has 0 bridgehead atoms. The Morgan fingerprint density at radius 3 is 2.59 bits per heavy atom. The molecule has 0 unspecified atom stereocenters. The van der Waals surface area contributed by atoms with Gasteiger partial charge in [-0.15, -0.1) is 0 Å². The smallest absolute Gasteiger partial charge is 0.291 e. The number of thiocarbonyl (C=S) groups is 1. The van der Waals surface area contributed by atoms with E-state index in [1.165, 1.54) is 12.3 Å². The first-order chi connectivity index (χ1) is 15.5. The molecule has 0 spiro atoms. The number of rotatable bonds is 5. The van der Waals surface area contributed by atoms with Crippen molar-refractivity contribution in [1.29, 1.82) is 0 Å². The monoisotopic (exact) mass is 445 g/mol. The van der Waals surface area contributed by atoms with Crippen LogP contribution in [-0.4, -0.2) is 16.9 Å². The molecule has 2 heterocycles. The summed E-state index contributed by atoms with van der Waals surface area (Å²) in [7, 11) is 0. The molecule has 4 rings (SSSR count). The number of hydrogen-bond donors (Lipinski definition) is 3. The molecule has 2 aromatic carbocycles. The van der Waals surface area contributed by atoms with E-state index in [9.17, 15) is 9.59 Å². The summed E-state index contributed by atoms with van der Waals surface area (Å²) in [6.45, 7) is 1.85. The van der Waals surface area contributed by atoms with Crippen molar-refractivity contribution >= 4 is 57.6 Å². The molecule has 160 valence electrons. The minimum Gasteiger partial charge on any atom is -0.465 e. The van der Waals surface area contributed by atoms with Crippen LogP contribution in [0.2, 0.25) is 0 Å². The zero-order chi connectivity index (χ0) is 22.5. The molecule has 0 atom stereocenters. The number of anilines is 2. The molecule has 0 saturated carbocycles. The molecule has 8 heteroatoms. The van der Waals surface area contributed by atoms with E-state index >= 15 is 0 Å². The Hall–Kier alpha value is -4.17. The Morgan fingerprint density at radius 2 is 1.84 bits per heavy atom. The highest BCUT2D eigenvalue weighted by atomic mass is 32.1. The summed E-state index contributed by atoms with van der Waals surface area (Å²) < 4.78 is 10.7. The maximum Gasteiger partial charge on any atom is 0.291 e. The lowest BCUT2D eigenvalue weighted by molar-refractivity contribution is -0.115. The lowest BCUT2D eigenvalue weighted by Crippen LogP contribution is -2.32. The number of carbonyl (C=O) groups is 2. The van der Waals surface area contributed by atoms with Crippen molar-refractivity contribution in [3.05, 3.63) is 90.1 Å². The lowest BCUT2D eigenvalue weighted by atomic mass is 10.1. The molecule has 0 aliphatic carbocycles. The largest absolute Gasteiger partial charge is 0.465 e. The topological polar surface area (TPSA) is 96.5 Å². The number of nitrogens with one attached hydrogen (secondary N) is 3. The summed E-state index contributed by atoms with van der Waals surface area (Å²) in [6, 6.07) is 17.9. The molecule has 0 saturated heterocycles. The van der Waals surface area contributed by atoms with Gasteiger partial charge in [-0.25, -0.2) is 0 Å². The van der Waals surface area contributed by atoms with Crippen LogP contribution in [-0.2, 0) is 4.79 Å². The number of hydrogen-bond acceptors (Lipinski definition) is 5. The molecule has 7 nitrogen and oxygen atoms in total. The van der Waals surface area contributed by atoms with Gasteiger partial charge < -0.3 is 19.5 Å². The van der Waals surface area contributed by atoms with Crippen molar-refractivity contribution in [3.8, 4) is 0 Å². The highest BCUT2D eigenvalue weighted by Gasteiger charge is 2.13. The van der Waals surface area contributed by atoms with Gasteiger partial charge >= 0.3 is 0 Å². The van der Waals surface area contributed by atoms with Gasteiger partial charge in [0.15, 0.2) is 10.9 Å². The van der Waals surface area contributed by atoms with Crippen molar-refractivity contribution in [2.24, 2.45) is 0 Å². The number of carbonyl (C=O) groups excluding carboxylic acids is 2. The summed E-state index contributed by atoms with van der Waals surface area (Å²) in [5.41, 5.74) is 2.77. The van der Waals surface area contributed by atoms with Gasteiger partial charge in [0.05, 0.1) is 6.26 Å². The first kappa shape index (κ1) is 21.1. The van der Waals surface area contributed by atoms with Crippen LogP contribution in [0.3, 0.4) is 0 Å². The number of amides is 2. The molecule has 0 aliphatic heterocycles. The molecule has 2 amide bonds. The third-order valence-electron chi connectivity index (χ3n) is 4.56. The van der Waals surface area contributed by atoms with E-state index in [2.05, 4.69) is 16.0 Å². The third kappa shape index (κ3) is 5.11. The maximum absolute atomic E-state index is 12.6. The molecular weight excluding hydrogens is 426 g/mol. The summed E-state index contributed by atoms with van der Waals surface area (Å²) in [5.74, 6) is 0.0794. The van der Waals surface area contributed by atoms with E-state index in [4.69, 9.17) is 21.1 Å². The van der Waals surface area contributed by atoms with Gasteiger partial charge in [-0.05, 0) is 73.2 Å². The SMILES string of the molecule is Cc1cc(NC(=S)NC(=O)/C=C/c2ccco2)ccc1NC(=O)c1cc2ccccc2o1. The molecular formula is C24H19N3O4S. The van der Waals surface area contributed by atoms with Crippen LogP contribution in [0.25, 0.3) is 17.0 Å². The fraction of sp³-hybridized carbons (Fsp3) is 0.0417. The van der Waals surface area contributed by atoms with Crippen LogP contribution in [0.15, 0.2) is 81.8 Å². The van der Waals surface area contributed by atoms with Gasteiger partial charge in [-0.2, -0.15) is 0 Å². The second-order valence-corrected chi connectivity index (χ2v) is 7.33. The zero-order valence-electron chi connectivity index (χ0n) is 17.0. The molecule has 3 N–H and O–H groups in total. The molecule has 0 radical (unpaired) electrons. The van der Waals surface area contributed by atoms with Crippen molar-refractivity contribution in [3.63, 3.8) is 0 Å². The van der Waals surface area contributed by atoms with Crippen molar-refractivity contribution in [1.82, 2.24) is 5.32 Å².